The van der Waals surface area contributed by atoms with E-state index in [1.54, 1.807) is 12.3 Å². The standard InChI is InChI=1S/C16H24N2O/c1-2-12(16-7-6-15(19)8-17-16)9-18-10-13-4-3-5-14(13)11-18/h6-8,12-14,19H,2-5,9-11H2,1H3. The molecule has 0 aromatic carbocycles. The topological polar surface area (TPSA) is 36.4 Å². The van der Waals surface area contributed by atoms with E-state index in [1.807, 2.05) is 6.07 Å². The molecule has 0 spiro atoms. The first-order valence-electron chi connectivity index (χ1n) is 7.63. The van der Waals surface area contributed by atoms with E-state index < -0.39 is 0 Å². The lowest BCUT2D eigenvalue weighted by molar-refractivity contribution is 0.285. The number of hydrogen-bond donors (Lipinski definition) is 1. The van der Waals surface area contributed by atoms with Crippen molar-refractivity contribution in [2.24, 2.45) is 11.8 Å². The van der Waals surface area contributed by atoms with Gasteiger partial charge in [0.1, 0.15) is 5.75 Å². The SMILES string of the molecule is CCC(CN1CC2CCCC2C1)c1ccc(O)cn1. The summed E-state index contributed by atoms with van der Waals surface area (Å²) in [4.78, 5) is 7.02. The van der Waals surface area contributed by atoms with Crippen LogP contribution in [0.1, 0.15) is 44.2 Å². The molecule has 1 aromatic rings. The molecule has 104 valence electrons. The van der Waals surface area contributed by atoms with Crippen molar-refractivity contribution in [3.8, 4) is 5.75 Å². The molecule has 3 nitrogen and oxygen atoms in total. The molecule has 3 unspecified atom stereocenters. The summed E-state index contributed by atoms with van der Waals surface area (Å²) in [6, 6.07) is 3.73. The van der Waals surface area contributed by atoms with Gasteiger partial charge in [-0.25, -0.2) is 0 Å². The summed E-state index contributed by atoms with van der Waals surface area (Å²) < 4.78 is 0. The first-order chi connectivity index (χ1) is 9.26. The van der Waals surface area contributed by atoms with Crippen molar-refractivity contribution >= 4 is 0 Å². The third kappa shape index (κ3) is 2.76. The second-order valence-electron chi connectivity index (χ2n) is 6.22. The molecule has 2 heterocycles. The zero-order valence-electron chi connectivity index (χ0n) is 11.8. The van der Waals surface area contributed by atoms with Gasteiger partial charge in [-0.2, -0.15) is 0 Å². The average molecular weight is 260 g/mol. The Morgan fingerprint density at radius 1 is 1.32 bits per heavy atom. The number of aromatic hydroxyl groups is 1. The van der Waals surface area contributed by atoms with E-state index in [0.717, 1.165) is 30.5 Å². The molecule has 2 aliphatic rings. The highest BCUT2D eigenvalue weighted by Crippen LogP contribution is 2.38. The average Bonchev–Trinajstić information content (AvgIpc) is 2.98. The summed E-state index contributed by atoms with van der Waals surface area (Å²) in [5, 5.41) is 9.33. The summed E-state index contributed by atoms with van der Waals surface area (Å²) >= 11 is 0. The van der Waals surface area contributed by atoms with Gasteiger partial charge in [0.25, 0.3) is 0 Å². The van der Waals surface area contributed by atoms with Crippen molar-refractivity contribution in [2.75, 3.05) is 19.6 Å². The molecule has 1 aliphatic heterocycles. The summed E-state index contributed by atoms with van der Waals surface area (Å²) in [5.74, 6) is 2.68. The fraction of sp³-hybridized carbons (Fsp3) is 0.688. The van der Waals surface area contributed by atoms with Crippen LogP contribution in [-0.2, 0) is 0 Å². The Hall–Kier alpha value is -1.09. The maximum Gasteiger partial charge on any atom is 0.133 e. The van der Waals surface area contributed by atoms with Crippen LogP contribution in [0.4, 0.5) is 0 Å². The van der Waals surface area contributed by atoms with Gasteiger partial charge in [0.05, 0.1) is 6.20 Å². The smallest absolute Gasteiger partial charge is 0.133 e. The largest absolute Gasteiger partial charge is 0.506 e. The van der Waals surface area contributed by atoms with E-state index in [2.05, 4.69) is 16.8 Å². The molecule has 3 rings (SSSR count). The van der Waals surface area contributed by atoms with E-state index in [1.165, 1.54) is 32.4 Å². The number of nitrogens with zero attached hydrogens (tertiary/aromatic N) is 2. The van der Waals surface area contributed by atoms with E-state index in [4.69, 9.17) is 0 Å². The predicted octanol–water partition coefficient (Wildman–Crippen LogP) is 3.01. The minimum Gasteiger partial charge on any atom is -0.506 e. The predicted molar refractivity (Wildman–Crippen MR) is 76.2 cm³/mol. The number of fused-ring (bicyclic) bond motifs is 1. The summed E-state index contributed by atoms with van der Waals surface area (Å²) in [6.07, 6.45) is 7.01. The lowest BCUT2D eigenvalue weighted by Gasteiger charge is -2.23. The van der Waals surface area contributed by atoms with E-state index >= 15 is 0 Å². The lowest BCUT2D eigenvalue weighted by Crippen LogP contribution is -2.27. The highest BCUT2D eigenvalue weighted by atomic mass is 16.3. The number of pyridine rings is 1. The first kappa shape index (κ1) is 12.9. The Kier molecular flexibility index (Phi) is 3.74. The quantitative estimate of drug-likeness (QED) is 0.904. The Labute approximate surface area is 115 Å². The van der Waals surface area contributed by atoms with Crippen LogP contribution in [0.5, 0.6) is 5.75 Å². The molecule has 0 radical (unpaired) electrons. The Balaban J connectivity index is 1.62. The molecule has 1 N–H and O–H groups in total. The molecule has 1 aliphatic carbocycles. The molecular formula is C16H24N2O. The number of hydrogen-bond acceptors (Lipinski definition) is 3. The molecule has 2 fully saturated rings. The van der Waals surface area contributed by atoms with Crippen molar-refractivity contribution < 1.29 is 5.11 Å². The van der Waals surface area contributed by atoms with Gasteiger partial charge in [-0.3, -0.25) is 4.98 Å². The highest BCUT2D eigenvalue weighted by molar-refractivity contribution is 5.20. The fourth-order valence-corrected chi connectivity index (χ4v) is 3.86. The van der Waals surface area contributed by atoms with Crippen molar-refractivity contribution in [2.45, 2.75) is 38.5 Å². The zero-order chi connectivity index (χ0) is 13.2. The maximum atomic E-state index is 9.33. The first-order valence-corrected chi connectivity index (χ1v) is 7.63. The van der Waals surface area contributed by atoms with Crippen LogP contribution < -0.4 is 0 Å². The van der Waals surface area contributed by atoms with Gasteiger partial charge in [0, 0.05) is 31.2 Å². The number of aromatic nitrogens is 1. The number of likely N-dealkylation sites (tertiary alicyclic amines) is 1. The third-order valence-electron chi connectivity index (χ3n) is 4.96. The zero-order valence-corrected chi connectivity index (χ0v) is 11.8. The van der Waals surface area contributed by atoms with Gasteiger partial charge < -0.3 is 10.0 Å². The van der Waals surface area contributed by atoms with Gasteiger partial charge in [0.2, 0.25) is 0 Å². The molecule has 3 heteroatoms. The van der Waals surface area contributed by atoms with E-state index in [-0.39, 0.29) is 5.75 Å². The van der Waals surface area contributed by atoms with Crippen LogP contribution in [0.25, 0.3) is 0 Å². The van der Waals surface area contributed by atoms with Crippen LogP contribution >= 0.6 is 0 Å². The second-order valence-corrected chi connectivity index (χ2v) is 6.22. The molecule has 1 aromatic heterocycles. The molecular weight excluding hydrogens is 236 g/mol. The Bertz CT molecular complexity index is 405. The van der Waals surface area contributed by atoms with Crippen LogP contribution in [-0.4, -0.2) is 34.6 Å². The van der Waals surface area contributed by atoms with Crippen molar-refractivity contribution in [1.82, 2.24) is 9.88 Å². The van der Waals surface area contributed by atoms with Crippen molar-refractivity contribution in [1.29, 1.82) is 0 Å². The van der Waals surface area contributed by atoms with Crippen LogP contribution in [0, 0.1) is 11.8 Å². The summed E-state index contributed by atoms with van der Waals surface area (Å²) in [5.41, 5.74) is 1.12. The normalized spacial score (nSPS) is 28.5. The third-order valence-corrected chi connectivity index (χ3v) is 4.96. The maximum absolute atomic E-state index is 9.33. The molecule has 1 saturated carbocycles. The van der Waals surface area contributed by atoms with Gasteiger partial charge in [-0.15, -0.1) is 0 Å². The molecule has 3 atom stereocenters. The Morgan fingerprint density at radius 3 is 2.63 bits per heavy atom. The Morgan fingerprint density at radius 2 is 2.05 bits per heavy atom. The van der Waals surface area contributed by atoms with Crippen molar-refractivity contribution in [3.63, 3.8) is 0 Å². The van der Waals surface area contributed by atoms with Crippen LogP contribution in [0.3, 0.4) is 0 Å². The summed E-state index contributed by atoms with van der Waals surface area (Å²) in [6.45, 7) is 5.94. The second kappa shape index (κ2) is 5.49. The lowest BCUT2D eigenvalue weighted by atomic mass is 10.0. The minimum atomic E-state index is 0.259. The monoisotopic (exact) mass is 260 g/mol. The molecule has 0 bridgehead atoms. The van der Waals surface area contributed by atoms with E-state index in [9.17, 15) is 5.11 Å². The van der Waals surface area contributed by atoms with Gasteiger partial charge in [0.15, 0.2) is 0 Å². The highest BCUT2D eigenvalue weighted by Gasteiger charge is 2.36. The fourth-order valence-electron chi connectivity index (χ4n) is 3.86. The van der Waals surface area contributed by atoms with Gasteiger partial charge >= 0.3 is 0 Å². The number of rotatable bonds is 4. The van der Waals surface area contributed by atoms with Crippen molar-refractivity contribution in [3.05, 3.63) is 24.0 Å². The minimum absolute atomic E-state index is 0.259. The van der Waals surface area contributed by atoms with E-state index in [0.29, 0.717) is 5.92 Å². The molecule has 0 amide bonds. The van der Waals surface area contributed by atoms with Gasteiger partial charge in [-0.1, -0.05) is 13.3 Å². The molecule has 1 saturated heterocycles. The van der Waals surface area contributed by atoms with Crippen LogP contribution in [0.2, 0.25) is 0 Å². The van der Waals surface area contributed by atoms with Gasteiger partial charge in [-0.05, 0) is 43.2 Å². The molecule has 19 heavy (non-hydrogen) atoms. The van der Waals surface area contributed by atoms with Crippen LogP contribution in [0.15, 0.2) is 18.3 Å². The summed E-state index contributed by atoms with van der Waals surface area (Å²) in [7, 11) is 0.